The fourth-order valence-corrected chi connectivity index (χ4v) is 3.12. The zero-order valence-corrected chi connectivity index (χ0v) is 13.7. The van der Waals surface area contributed by atoms with Crippen LogP contribution in [0.3, 0.4) is 0 Å². The summed E-state index contributed by atoms with van der Waals surface area (Å²) >= 11 is 0. The molecule has 1 atom stereocenters. The van der Waals surface area contributed by atoms with Crippen LogP contribution in [0.25, 0.3) is 16.6 Å². The number of benzene rings is 1. The maximum atomic E-state index is 12.3. The summed E-state index contributed by atoms with van der Waals surface area (Å²) in [4.78, 5) is 18.1. The molecular weight excluding hydrogens is 318 g/mol. The van der Waals surface area contributed by atoms with Crippen LogP contribution in [0.2, 0.25) is 0 Å². The minimum Gasteiger partial charge on any atom is -0.310 e. The molecule has 3 heterocycles. The summed E-state index contributed by atoms with van der Waals surface area (Å²) in [6.45, 7) is 3.08. The van der Waals surface area contributed by atoms with Crippen LogP contribution in [-0.2, 0) is 4.79 Å². The average Bonchev–Trinajstić information content (AvgIpc) is 3.34. The second-order valence-corrected chi connectivity index (χ2v) is 6.24. The van der Waals surface area contributed by atoms with Gasteiger partial charge in [-0.05, 0) is 31.5 Å². The number of aryl methyl sites for hydroxylation is 1. The zero-order chi connectivity index (χ0) is 17.4. The molecule has 0 bridgehead atoms. The van der Waals surface area contributed by atoms with Crippen molar-refractivity contribution in [2.45, 2.75) is 13.3 Å². The Hall–Kier alpha value is -3.34. The van der Waals surface area contributed by atoms with E-state index in [9.17, 15) is 4.79 Å². The van der Waals surface area contributed by atoms with Crippen molar-refractivity contribution in [1.82, 2.24) is 24.6 Å². The van der Waals surface area contributed by atoms with Gasteiger partial charge in [-0.25, -0.2) is 4.98 Å². The predicted molar refractivity (Wildman–Crippen MR) is 91.9 cm³/mol. The quantitative estimate of drug-likeness (QED) is 0.711. The van der Waals surface area contributed by atoms with Crippen LogP contribution in [0, 0.1) is 24.3 Å². The van der Waals surface area contributed by atoms with Gasteiger partial charge < -0.3 is 14.8 Å². The third-order valence-electron chi connectivity index (χ3n) is 4.56. The summed E-state index contributed by atoms with van der Waals surface area (Å²) < 4.78 is 1.84. The second kappa shape index (κ2) is 5.94. The molecule has 1 aliphatic heterocycles. The minimum atomic E-state index is -0.173. The van der Waals surface area contributed by atoms with Crippen LogP contribution in [0.4, 0.5) is 5.82 Å². The number of nitrogens with zero attached hydrogens (tertiary/aromatic N) is 5. The number of rotatable bonds is 3. The van der Waals surface area contributed by atoms with E-state index in [0.29, 0.717) is 25.3 Å². The number of H-pyrrole nitrogens is 1. The molecule has 8 nitrogen and oxygen atoms in total. The third kappa shape index (κ3) is 2.80. The lowest BCUT2D eigenvalue weighted by atomic mass is 10.1. The molecule has 4 rings (SSSR count). The number of fused-ring (bicyclic) bond motifs is 1. The predicted octanol–water partition coefficient (Wildman–Crippen LogP) is 1.80. The highest BCUT2D eigenvalue weighted by atomic mass is 16.2. The van der Waals surface area contributed by atoms with Crippen LogP contribution in [0.15, 0.2) is 30.7 Å². The van der Waals surface area contributed by atoms with E-state index < -0.39 is 0 Å². The van der Waals surface area contributed by atoms with Gasteiger partial charge in [-0.3, -0.25) is 9.89 Å². The largest absolute Gasteiger partial charge is 0.310 e. The van der Waals surface area contributed by atoms with Crippen molar-refractivity contribution in [2.24, 2.45) is 5.92 Å². The second-order valence-electron chi connectivity index (χ2n) is 6.24. The SMILES string of the molecule is Cc1[nH]nc2cc(-n3cnc(NC(=O)C4CCN(C#N)C4)c3)ccc12. The molecule has 1 aromatic carbocycles. The lowest BCUT2D eigenvalue weighted by molar-refractivity contribution is -0.119. The number of carbonyl (C=O) groups excluding carboxylic acids is 1. The van der Waals surface area contributed by atoms with Gasteiger partial charge >= 0.3 is 0 Å². The van der Waals surface area contributed by atoms with E-state index in [1.54, 1.807) is 17.4 Å². The first-order valence-corrected chi connectivity index (χ1v) is 8.08. The average molecular weight is 335 g/mol. The van der Waals surface area contributed by atoms with E-state index in [4.69, 9.17) is 5.26 Å². The first kappa shape index (κ1) is 15.2. The van der Waals surface area contributed by atoms with Gasteiger partial charge in [0, 0.05) is 29.9 Å². The van der Waals surface area contributed by atoms with E-state index in [1.807, 2.05) is 29.7 Å². The first-order chi connectivity index (χ1) is 12.1. The molecule has 1 aliphatic rings. The Bertz CT molecular complexity index is 980. The van der Waals surface area contributed by atoms with Crippen LogP contribution in [0.1, 0.15) is 12.1 Å². The Labute approximate surface area is 144 Å². The number of nitriles is 1. The number of aromatic nitrogens is 4. The number of anilines is 1. The highest BCUT2D eigenvalue weighted by Gasteiger charge is 2.28. The first-order valence-electron chi connectivity index (χ1n) is 8.08. The van der Waals surface area contributed by atoms with E-state index in [2.05, 4.69) is 26.7 Å². The van der Waals surface area contributed by atoms with Crippen molar-refractivity contribution in [3.05, 3.63) is 36.4 Å². The minimum absolute atomic E-state index is 0.0959. The maximum Gasteiger partial charge on any atom is 0.230 e. The van der Waals surface area contributed by atoms with Gasteiger partial charge in [0.15, 0.2) is 12.0 Å². The Morgan fingerprint density at radius 1 is 1.48 bits per heavy atom. The molecule has 0 aliphatic carbocycles. The number of aromatic amines is 1. The number of hydrogen-bond acceptors (Lipinski definition) is 5. The molecule has 8 heteroatoms. The number of hydrogen-bond donors (Lipinski definition) is 2. The molecule has 0 saturated carbocycles. The Morgan fingerprint density at radius 3 is 3.16 bits per heavy atom. The van der Waals surface area contributed by atoms with Crippen molar-refractivity contribution in [3.63, 3.8) is 0 Å². The maximum absolute atomic E-state index is 12.3. The number of likely N-dealkylation sites (tertiary alicyclic amines) is 1. The summed E-state index contributed by atoms with van der Waals surface area (Å²) in [7, 11) is 0. The summed E-state index contributed by atoms with van der Waals surface area (Å²) in [6.07, 6.45) is 6.20. The fourth-order valence-electron chi connectivity index (χ4n) is 3.12. The number of carbonyl (C=O) groups is 1. The highest BCUT2D eigenvalue weighted by molar-refractivity contribution is 5.92. The fraction of sp³-hybridized carbons (Fsp3) is 0.294. The topological polar surface area (TPSA) is 103 Å². The van der Waals surface area contributed by atoms with Gasteiger partial charge in [-0.1, -0.05) is 0 Å². The monoisotopic (exact) mass is 335 g/mol. The molecule has 126 valence electrons. The third-order valence-corrected chi connectivity index (χ3v) is 4.56. The number of nitrogens with one attached hydrogen (secondary N) is 2. The van der Waals surface area contributed by atoms with Gasteiger partial charge in [0.1, 0.15) is 6.33 Å². The van der Waals surface area contributed by atoms with Crippen molar-refractivity contribution >= 4 is 22.6 Å². The van der Waals surface area contributed by atoms with Crippen LogP contribution >= 0.6 is 0 Å². The van der Waals surface area contributed by atoms with Gasteiger partial charge in [0.25, 0.3) is 0 Å². The molecule has 1 amide bonds. The van der Waals surface area contributed by atoms with Gasteiger partial charge in [-0.15, -0.1) is 0 Å². The van der Waals surface area contributed by atoms with Crippen LogP contribution < -0.4 is 5.32 Å². The molecular formula is C17H17N7O. The summed E-state index contributed by atoms with van der Waals surface area (Å²) in [6, 6.07) is 5.96. The van der Waals surface area contributed by atoms with Crippen molar-refractivity contribution in [1.29, 1.82) is 5.26 Å². The molecule has 2 N–H and O–H groups in total. The molecule has 1 fully saturated rings. The van der Waals surface area contributed by atoms with E-state index in [-0.39, 0.29) is 11.8 Å². The van der Waals surface area contributed by atoms with Crippen molar-refractivity contribution in [2.75, 3.05) is 18.4 Å². The van der Waals surface area contributed by atoms with Gasteiger partial charge in [0.2, 0.25) is 5.91 Å². The van der Waals surface area contributed by atoms with Crippen LogP contribution in [0.5, 0.6) is 0 Å². The molecule has 1 unspecified atom stereocenters. The van der Waals surface area contributed by atoms with Gasteiger partial charge in [0.05, 0.1) is 17.6 Å². The van der Waals surface area contributed by atoms with Crippen LogP contribution in [-0.4, -0.2) is 43.6 Å². The Kier molecular flexibility index (Phi) is 3.61. The summed E-state index contributed by atoms with van der Waals surface area (Å²) in [5.74, 6) is 0.230. The van der Waals surface area contributed by atoms with E-state index >= 15 is 0 Å². The number of amides is 1. The lowest BCUT2D eigenvalue weighted by Crippen LogP contribution is -2.25. The molecule has 1 saturated heterocycles. The standard InChI is InChI=1S/C17H17N7O/c1-11-14-3-2-13(6-15(14)22-21-11)24-8-16(19-10-24)20-17(25)12-4-5-23(7-12)9-18/h2-3,6,8,10,12H,4-5,7H2,1H3,(H,20,25)(H,21,22). The van der Waals surface area contributed by atoms with E-state index in [0.717, 1.165) is 22.3 Å². The summed E-state index contributed by atoms with van der Waals surface area (Å²) in [5, 5.41) is 20.0. The normalized spacial score (nSPS) is 17.0. The summed E-state index contributed by atoms with van der Waals surface area (Å²) in [5.41, 5.74) is 2.84. The Morgan fingerprint density at radius 2 is 2.36 bits per heavy atom. The number of imidazole rings is 1. The smallest absolute Gasteiger partial charge is 0.230 e. The van der Waals surface area contributed by atoms with Crippen molar-refractivity contribution < 1.29 is 4.79 Å². The Balaban J connectivity index is 1.49. The molecule has 3 aromatic rings. The van der Waals surface area contributed by atoms with Crippen molar-refractivity contribution in [3.8, 4) is 11.9 Å². The highest BCUT2D eigenvalue weighted by Crippen LogP contribution is 2.21. The molecule has 0 radical (unpaired) electrons. The van der Waals surface area contributed by atoms with E-state index in [1.165, 1.54) is 0 Å². The molecule has 25 heavy (non-hydrogen) atoms. The molecule has 0 spiro atoms. The van der Waals surface area contributed by atoms with Gasteiger partial charge in [-0.2, -0.15) is 10.4 Å². The molecule has 2 aromatic heterocycles. The zero-order valence-electron chi connectivity index (χ0n) is 13.7. The lowest BCUT2D eigenvalue weighted by Gasteiger charge is -2.08.